The Hall–Kier alpha value is -1.17. The molecule has 7 heteroatoms. The van der Waals surface area contributed by atoms with E-state index in [0.29, 0.717) is 33.6 Å². The molecule has 1 saturated carbocycles. The van der Waals surface area contributed by atoms with Crippen LogP contribution in [0.4, 0.5) is 11.4 Å². The zero-order chi connectivity index (χ0) is 22.7. The average molecular weight is 497 g/mol. The van der Waals surface area contributed by atoms with Crippen molar-refractivity contribution in [3.05, 3.63) is 57.0 Å². The number of benzene rings is 2. The molecule has 0 aromatic heterocycles. The first-order chi connectivity index (χ1) is 15.4. The lowest BCUT2D eigenvalue weighted by molar-refractivity contribution is 0.106. The van der Waals surface area contributed by atoms with Gasteiger partial charge in [0.15, 0.2) is 0 Å². The SMILES string of the molecule is C[C@@H](Nc1cc(N2CCN(C3CCC(CO)CC3)CC2)ccc1Cl)c1ccc(Cl)cc1Cl. The molecule has 1 saturated heterocycles. The summed E-state index contributed by atoms with van der Waals surface area (Å²) in [5.41, 5.74) is 3.09. The number of piperazine rings is 1. The van der Waals surface area contributed by atoms with E-state index in [0.717, 1.165) is 50.3 Å². The van der Waals surface area contributed by atoms with E-state index in [4.69, 9.17) is 34.8 Å². The maximum atomic E-state index is 9.39. The Morgan fingerprint density at radius 3 is 2.31 bits per heavy atom. The summed E-state index contributed by atoms with van der Waals surface area (Å²) in [5, 5.41) is 14.9. The third kappa shape index (κ3) is 5.66. The number of aliphatic hydroxyl groups is 1. The molecule has 4 rings (SSSR count). The zero-order valence-corrected chi connectivity index (χ0v) is 20.8. The number of nitrogens with zero attached hydrogens (tertiary/aromatic N) is 2. The van der Waals surface area contributed by atoms with Crippen molar-refractivity contribution in [1.82, 2.24) is 4.90 Å². The molecule has 0 bridgehead atoms. The highest BCUT2D eigenvalue weighted by atomic mass is 35.5. The van der Waals surface area contributed by atoms with E-state index < -0.39 is 0 Å². The lowest BCUT2D eigenvalue weighted by Crippen LogP contribution is -2.51. The van der Waals surface area contributed by atoms with Crippen molar-refractivity contribution in [2.45, 2.75) is 44.7 Å². The second-order valence-electron chi connectivity index (χ2n) is 9.08. The van der Waals surface area contributed by atoms with Gasteiger partial charge >= 0.3 is 0 Å². The highest BCUT2D eigenvalue weighted by Gasteiger charge is 2.28. The summed E-state index contributed by atoms with van der Waals surface area (Å²) in [7, 11) is 0. The van der Waals surface area contributed by atoms with Crippen molar-refractivity contribution in [3.63, 3.8) is 0 Å². The molecule has 2 N–H and O–H groups in total. The Balaban J connectivity index is 1.38. The van der Waals surface area contributed by atoms with Crippen molar-refractivity contribution < 1.29 is 5.11 Å². The molecule has 1 aliphatic heterocycles. The molecule has 0 radical (unpaired) electrons. The van der Waals surface area contributed by atoms with Gasteiger partial charge < -0.3 is 15.3 Å². The molecule has 1 atom stereocenters. The number of anilines is 2. The molecular formula is C25H32Cl3N3O. The van der Waals surface area contributed by atoms with Crippen molar-refractivity contribution in [1.29, 1.82) is 0 Å². The fourth-order valence-corrected chi connectivity index (χ4v) is 5.77. The van der Waals surface area contributed by atoms with Gasteiger partial charge in [0, 0.05) is 54.6 Å². The fraction of sp³-hybridized carbons (Fsp3) is 0.520. The molecule has 2 aromatic rings. The van der Waals surface area contributed by atoms with Gasteiger partial charge in [-0.1, -0.05) is 40.9 Å². The summed E-state index contributed by atoms with van der Waals surface area (Å²) < 4.78 is 0. The average Bonchev–Trinajstić information content (AvgIpc) is 2.80. The summed E-state index contributed by atoms with van der Waals surface area (Å²) >= 11 is 19.0. The fourth-order valence-electron chi connectivity index (χ4n) is 5.02. The number of nitrogens with one attached hydrogen (secondary N) is 1. The van der Waals surface area contributed by atoms with Gasteiger partial charge in [0.25, 0.3) is 0 Å². The smallest absolute Gasteiger partial charge is 0.0639 e. The number of hydrogen-bond donors (Lipinski definition) is 2. The van der Waals surface area contributed by atoms with E-state index >= 15 is 0 Å². The molecule has 0 spiro atoms. The van der Waals surface area contributed by atoms with Crippen LogP contribution in [-0.2, 0) is 0 Å². The van der Waals surface area contributed by atoms with Crippen LogP contribution in [0.3, 0.4) is 0 Å². The van der Waals surface area contributed by atoms with Crippen LogP contribution in [0.15, 0.2) is 36.4 Å². The van der Waals surface area contributed by atoms with Crippen molar-refractivity contribution in [3.8, 4) is 0 Å². The quantitative estimate of drug-likeness (QED) is 0.479. The van der Waals surface area contributed by atoms with Gasteiger partial charge in [0.1, 0.15) is 0 Å². The summed E-state index contributed by atoms with van der Waals surface area (Å²) in [6.07, 6.45) is 4.74. The van der Waals surface area contributed by atoms with E-state index in [2.05, 4.69) is 34.2 Å². The predicted octanol–water partition coefficient (Wildman–Crippen LogP) is 6.49. The number of halogens is 3. The Morgan fingerprint density at radius 1 is 0.938 bits per heavy atom. The molecule has 4 nitrogen and oxygen atoms in total. The minimum Gasteiger partial charge on any atom is -0.396 e. The molecule has 174 valence electrons. The second-order valence-corrected chi connectivity index (χ2v) is 10.3. The van der Waals surface area contributed by atoms with Crippen LogP contribution in [0.2, 0.25) is 15.1 Å². The molecular weight excluding hydrogens is 465 g/mol. The van der Waals surface area contributed by atoms with Gasteiger partial charge in [-0.15, -0.1) is 0 Å². The van der Waals surface area contributed by atoms with Crippen molar-refractivity contribution in [2.24, 2.45) is 5.92 Å². The number of aliphatic hydroxyl groups excluding tert-OH is 1. The molecule has 0 amide bonds. The molecule has 1 aliphatic carbocycles. The van der Waals surface area contributed by atoms with Crippen molar-refractivity contribution >= 4 is 46.2 Å². The van der Waals surface area contributed by atoms with Crippen LogP contribution < -0.4 is 10.2 Å². The molecule has 1 heterocycles. The van der Waals surface area contributed by atoms with Crippen LogP contribution in [-0.4, -0.2) is 48.8 Å². The first kappa shape index (κ1) is 24.0. The second kappa shape index (κ2) is 10.8. The maximum absolute atomic E-state index is 9.39. The van der Waals surface area contributed by atoms with E-state index in [9.17, 15) is 5.11 Å². The monoisotopic (exact) mass is 495 g/mol. The van der Waals surface area contributed by atoms with Crippen LogP contribution in [0.1, 0.15) is 44.2 Å². The first-order valence-electron chi connectivity index (χ1n) is 11.6. The Labute approximate surface area is 206 Å². The molecule has 2 fully saturated rings. The van der Waals surface area contributed by atoms with Gasteiger partial charge in [-0.25, -0.2) is 0 Å². The van der Waals surface area contributed by atoms with E-state index in [1.54, 1.807) is 6.07 Å². The van der Waals surface area contributed by atoms with Gasteiger partial charge in [0.05, 0.1) is 16.8 Å². The minimum absolute atomic E-state index is 0.00147. The van der Waals surface area contributed by atoms with E-state index in [1.165, 1.54) is 18.5 Å². The molecule has 2 aliphatic rings. The van der Waals surface area contributed by atoms with E-state index in [-0.39, 0.29) is 6.04 Å². The largest absolute Gasteiger partial charge is 0.396 e. The Morgan fingerprint density at radius 2 is 1.66 bits per heavy atom. The normalized spacial score (nSPS) is 23.2. The maximum Gasteiger partial charge on any atom is 0.0639 e. The first-order valence-corrected chi connectivity index (χ1v) is 12.7. The Kier molecular flexibility index (Phi) is 8.12. The van der Waals surface area contributed by atoms with Gasteiger partial charge in [-0.3, -0.25) is 4.90 Å². The summed E-state index contributed by atoms with van der Waals surface area (Å²) in [5.74, 6) is 0.512. The van der Waals surface area contributed by atoms with Crippen LogP contribution in [0.5, 0.6) is 0 Å². The predicted molar refractivity (Wildman–Crippen MR) is 137 cm³/mol. The summed E-state index contributed by atoms with van der Waals surface area (Å²) in [6, 6.07) is 12.5. The van der Waals surface area contributed by atoms with Crippen LogP contribution in [0.25, 0.3) is 0 Å². The van der Waals surface area contributed by atoms with Crippen molar-refractivity contribution in [2.75, 3.05) is 43.0 Å². The van der Waals surface area contributed by atoms with Gasteiger partial charge in [0.2, 0.25) is 0 Å². The Bertz CT molecular complexity index is 909. The lowest BCUT2D eigenvalue weighted by Gasteiger charge is -2.42. The third-order valence-electron chi connectivity index (χ3n) is 7.02. The van der Waals surface area contributed by atoms with Crippen LogP contribution in [0, 0.1) is 5.92 Å². The standard InChI is InChI=1S/C25H32Cl3N3O/c1-17(22-8-4-19(26)14-24(22)28)29-25-15-21(7-9-23(25)27)31-12-10-30(11-13-31)20-5-2-18(16-32)3-6-20/h4,7-9,14-15,17-18,20,29,32H,2-3,5-6,10-13,16H2,1H3/t17-,18?,20?/m1/s1. The lowest BCUT2D eigenvalue weighted by atomic mass is 9.85. The van der Waals surface area contributed by atoms with Crippen LogP contribution >= 0.6 is 34.8 Å². The highest BCUT2D eigenvalue weighted by Crippen LogP contribution is 2.34. The number of rotatable bonds is 6. The van der Waals surface area contributed by atoms with E-state index in [1.807, 2.05) is 18.2 Å². The third-order valence-corrected chi connectivity index (χ3v) is 7.91. The summed E-state index contributed by atoms with van der Waals surface area (Å²) in [6.45, 7) is 6.60. The minimum atomic E-state index is -0.00147. The topological polar surface area (TPSA) is 38.7 Å². The molecule has 0 unspecified atom stereocenters. The van der Waals surface area contributed by atoms with Gasteiger partial charge in [-0.2, -0.15) is 0 Å². The summed E-state index contributed by atoms with van der Waals surface area (Å²) in [4.78, 5) is 5.08. The van der Waals surface area contributed by atoms with Gasteiger partial charge in [-0.05, 0) is 74.4 Å². The highest BCUT2D eigenvalue weighted by molar-refractivity contribution is 6.35. The molecule has 2 aromatic carbocycles. The number of hydrogen-bond acceptors (Lipinski definition) is 4. The molecule has 32 heavy (non-hydrogen) atoms. The zero-order valence-electron chi connectivity index (χ0n) is 18.5.